The van der Waals surface area contributed by atoms with Crippen molar-refractivity contribution < 1.29 is 18.4 Å². The lowest BCUT2D eigenvalue weighted by molar-refractivity contribution is -0.138. The number of nitrogens with one attached hydrogen (secondary N) is 1. The van der Waals surface area contributed by atoms with Gasteiger partial charge in [-0.15, -0.1) is 0 Å². The molecule has 5 heterocycles. The number of carbonyl (C=O) groups is 2. The molecule has 1 aromatic carbocycles. The number of amides is 2. The molecule has 0 saturated carbocycles. The zero-order valence-corrected chi connectivity index (χ0v) is 24.4. The number of rotatable bonds is 8. The molecule has 0 unspecified atom stereocenters. The summed E-state index contributed by atoms with van der Waals surface area (Å²) in [5.74, 6) is 1.33. The third-order valence-electron chi connectivity index (χ3n) is 8.19. The fourth-order valence-electron chi connectivity index (χ4n) is 6.34. The van der Waals surface area contributed by atoms with E-state index in [4.69, 9.17) is 8.83 Å². The standard InChI is InChI=1S/C32H33N3O6S/c1-19-13-26(36)31-30(40-19)23(29(41-31)21-7-4-3-5-8-21)15-27(37)33-24(11-12-42-2)32(39)34-16-20-14-22(18-34)25-9-6-10-28(38)35(25)17-20/h3-10,13,20,22,24H,11-12,14-18H2,1-2H3,(H,33,37)/t20-,22+,24+/m1/s1. The molecule has 2 aliphatic rings. The summed E-state index contributed by atoms with van der Waals surface area (Å²) < 4.78 is 13.7. The number of carbonyl (C=O) groups excluding carboxylic acids is 2. The second-order valence-corrected chi connectivity index (χ2v) is 12.2. The van der Waals surface area contributed by atoms with Crippen LogP contribution in [0.3, 0.4) is 0 Å². The summed E-state index contributed by atoms with van der Waals surface area (Å²) in [6, 6.07) is 15.3. The van der Waals surface area contributed by atoms with Gasteiger partial charge < -0.3 is 23.6 Å². The molecule has 2 amide bonds. The van der Waals surface area contributed by atoms with Crippen molar-refractivity contribution in [1.29, 1.82) is 0 Å². The van der Waals surface area contributed by atoms with Crippen LogP contribution < -0.4 is 16.3 Å². The van der Waals surface area contributed by atoms with Crippen molar-refractivity contribution in [2.75, 3.05) is 25.1 Å². The maximum absolute atomic E-state index is 13.9. The summed E-state index contributed by atoms with van der Waals surface area (Å²) in [6.45, 7) is 3.34. The van der Waals surface area contributed by atoms with Crippen LogP contribution in [0.2, 0.25) is 0 Å². The zero-order valence-electron chi connectivity index (χ0n) is 23.6. The van der Waals surface area contributed by atoms with Crippen LogP contribution in [0.1, 0.15) is 35.8 Å². The maximum Gasteiger partial charge on any atom is 0.250 e. The maximum atomic E-state index is 13.9. The van der Waals surface area contributed by atoms with Crippen molar-refractivity contribution in [2.45, 2.75) is 44.7 Å². The van der Waals surface area contributed by atoms with Gasteiger partial charge in [-0.1, -0.05) is 36.4 Å². The lowest BCUT2D eigenvalue weighted by Crippen LogP contribution is -2.55. The average Bonchev–Trinajstić information content (AvgIpc) is 3.34. The molecule has 0 aliphatic carbocycles. The predicted octanol–water partition coefficient (Wildman–Crippen LogP) is 3.95. The van der Waals surface area contributed by atoms with Gasteiger partial charge in [0, 0.05) is 48.9 Å². The molecule has 4 aromatic rings. The first-order valence-electron chi connectivity index (χ1n) is 14.2. The van der Waals surface area contributed by atoms with Gasteiger partial charge in [-0.3, -0.25) is 19.2 Å². The summed E-state index contributed by atoms with van der Waals surface area (Å²) >= 11 is 1.62. The summed E-state index contributed by atoms with van der Waals surface area (Å²) in [7, 11) is 0. The van der Waals surface area contributed by atoms with Gasteiger partial charge in [0.05, 0.1) is 12.0 Å². The number of furan rings is 1. The molecule has 1 N–H and O–H groups in total. The SMILES string of the molecule is CSCC[C@H](NC(=O)Cc1c(-c2ccccc2)oc2c(=O)cc(C)oc12)C(=O)N1C[C@H]2C[C@@H](C1)c1cccc(=O)n1C2. The Balaban J connectivity index is 1.25. The van der Waals surface area contributed by atoms with E-state index < -0.39 is 6.04 Å². The number of fused-ring (bicyclic) bond motifs is 5. The number of hydrogen-bond donors (Lipinski definition) is 1. The van der Waals surface area contributed by atoms with Gasteiger partial charge in [0.15, 0.2) is 5.58 Å². The Bertz CT molecular complexity index is 1760. The van der Waals surface area contributed by atoms with Crippen LogP contribution in [0.5, 0.6) is 0 Å². The van der Waals surface area contributed by atoms with Crippen LogP contribution in [0.15, 0.2) is 73.0 Å². The Morgan fingerprint density at radius 1 is 1.02 bits per heavy atom. The van der Waals surface area contributed by atoms with Gasteiger partial charge in [-0.25, -0.2) is 0 Å². The molecule has 218 valence electrons. The van der Waals surface area contributed by atoms with Crippen LogP contribution in [-0.4, -0.2) is 52.4 Å². The molecule has 42 heavy (non-hydrogen) atoms. The first kappa shape index (κ1) is 28.1. The highest BCUT2D eigenvalue weighted by atomic mass is 32.2. The number of benzene rings is 1. The van der Waals surface area contributed by atoms with E-state index in [1.165, 1.54) is 6.07 Å². The second kappa shape index (κ2) is 11.7. The molecule has 10 heteroatoms. The highest BCUT2D eigenvalue weighted by Gasteiger charge is 2.38. The van der Waals surface area contributed by atoms with Gasteiger partial charge in [0.25, 0.3) is 5.56 Å². The van der Waals surface area contributed by atoms with Crippen molar-refractivity contribution in [1.82, 2.24) is 14.8 Å². The second-order valence-electron chi connectivity index (χ2n) is 11.2. The molecule has 3 aromatic heterocycles. The van der Waals surface area contributed by atoms with E-state index in [0.717, 1.165) is 17.7 Å². The Labute approximate surface area is 246 Å². The van der Waals surface area contributed by atoms with Crippen LogP contribution >= 0.6 is 11.8 Å². The highest BCUT2D eigenvalue weighted by Crippen LogP contribution is 2.36. The largest absolute Gasteiger partial charge is 0.457 e. The van der Waals surface area contributed by atoms with Crippen LogP contribution in [-0.2, 0) is 22.6 Å². The Morgan fingerprint density at radius 2 is 1.83 bits per heavy atom. The molecule has 6 rings (SSSR count). The Kier molecular flexibility index (Phi) is 7.81. The van der Waals surface area contributed by atoms with Crippen molar-refractivity contribution in [3.63, 3.8) is 0 Å². The number of pyridine rings is 1. The smallest absolute Gasteiger partial charge is 0.250 e. The summed E-state index contributed by atoms with van der Waals surface area (Å²) in [4.78, 5) is 54.5. The fraction of sp³-hybridized carbons (Fsp3) is 0.375. The molecule has 0 spiro atoms. The average molecular weight is 588 g/mol. The first-order valence-corrected chi connectivity index (χ1v) is 15.6. The van der Waals surface area contributed by atoms with E-state index in [9.17, 15) is 19.2 Å². The number of hydrogen-bond acceptors (Lipinski definition) is 7. The van der Waals surface area contributed by atoms with Crippen molar-refractivity contribution in [3.8, 4) is 11.3 Å². The molecule has 9 nitrogen and oxygen atoms in total. The molecule has 1 fully saturated rings. The molecule has 2 aliphatic heterocycles. The van der Waals surface area contributed by atoms with E-state index in [2.05, 4.69) is 5.32 Å². The van der Waals surface area contributed by atoms with Crippen molar-refractivity contribution in [3.05, 3.63) is 92.2 Å². The third kappa shape index (κ3) is 5.43. The first-order chi connectivity index (χ1) is 20.3. The molecule has 2 bridgehead atoms. The lowest BCUT2D eigenvalue weighted by atomic mass is 9.83. The van der Waals surface area contributed by atoms with Crippen molar-refractivity contribution >= 4 is 34.7 Å². The number of aryl methyl sites for hydroxylation is 1. The summed E-state index contributed by atoms with van der Waals surface area (Å²) in [5.41, 5.74) is 2.16. The molecular weight excluding hydrogens is 554 g/mol. The minimum atomic E-state index is -0.700. The van der Waals surface area contributed by atoms with Crippen molar-refractivity contribution in [2.24, 2.45) is 5.92 Å². The molecular formula is C32H33N3O6S. The number of thioether (sulfide) groups is 1. The molecule has 3 atom stereocenters. The van der Waals surface area contributed by atoms with Gasteiger partial charge in [0.2, 0.25) is 22.8 Å². The quantitative estimate of drug-likeness (QED) is 0.332. The lowest BCUT2D eigenvalue weighted by Gasteiger charge is -2.43. The van der Waals surface area contributed by atoms with Crippen LogP contribution in [0.25, 0.3) is 22.5 Å². The highest BCUT2D eigenvalue weighted by molar-refractivity contribution is 7.98. The van der Waals surface area contributed by atoms with E-state index in [1.54, 1.807) is 30.8 Å². The third-order valence-corrected chi connectivity index (χ3v) is 8.83. The minimum absolute atomic E-state index is 0.000224. The van der Waals surface area contributed by atoms with Crippen LogP contribution in [0.4, 0.5) is 0 Å². The molecule has 0 radical (unpaired) electrons. The number of nitrogens with zero attached hydrogens (tertiary/aromatic N) is 2. The molecule has 1 saturated heterocycles. The summed E-state index contributed by atoms with van der Waals surface area (Å²) in [6.07, 6.45) is 3.28. The normalized spacial score (nSPS) is 18.5. The van der Waals surface area contributed by atoms with Gasteiger partial charge in [0.1, 0.15) is 17.6 Å². The van der Waals surface area contributed by atoms with Crippen LogP contribution in [0, 0.1) is 12.8 Å². The van der Waals surface area contributed by atoms with Gasteiger partial charge in [-0.05, 0) is 43.8 Å². The van der Waals surface area contributed by atoms with Gasteiger partial charge in [-0.2, -0.15) is 11.8 Å². The number of aromatic nitrogens is 1. The van der Waals surface area contributed by atoms with E-state index in [1.807, 2.05) is 52.1 Å². The topological polar surface area (TPSA) is 115 Å². The van der Waals surface area contributed by atoms with Gasteiger partial charge >= 0.3 is 0 Å². The summed E-state index contributed by atoms with van der Waals surface area (Å²) in [5, 5.41) is 2.99. The predicted molar refractivity (Wildman–Crippen MR) is 162 cm³/mol. The van der Waals surface area contributed by atoms with E-state index in [-0.39, 0.29) is 52.2 Å². The zero-order chi connectivity index (χ0) is 29.4. The number of piperidine rings is 1. The number of likely N-dealkylation sites (tertiary alicyclic amines) is 1. The Hall–Kier alpha value is -4.05. The monoisotopic (exact) mass is 587 g/mol. The van der Waals surface area contributed by atoms with E-state index in [0.29, 0.717) is 48.9 Å². The minimum Gasteiger partial charge on any atom is -0.457 e. The van der Waals surface area contributed by atoms with E-state index >= 15 is 0 Å². The Morgan fingerprint density at radius 3 is 2.62 bits per heavy atom. The fourth-order valence-corrected chi connectivity index (χ4v) is 6.81.